The molecule has 9 heavy (non-hydrogen) atoms. The molecule has 0 aromatic rings. The van der Waals surface area contributed by atoms with E-state index in [1.165, 1.54) is 0 Å². The number of rotatable bonds is 4. The second-order valence-corrected chi connectivity index (χ2v) is 3.70. The van der Waals surface area contributed by atoms with E-state index in [1.54, 1.807) is 0 Å². The summed E-state index contributed by atoms with van der Waals surface area (Å²) in [6, 6.07) is 0. The fourth-order valence-corrected chi connectivity index (χ4v) is 1.32. The molecule has 0 saturated heterocycles. The molecule has 54 valence electrons. The van der Waals surface area contributed by atoms with Crippen molar-refractivity contribution in [2.45, 2.75) is 23.7 Å². The van der Waals surface area contributed by atoms with Gasteiger partial charge in [0.25, 0.3) is 0 Å². The Hall–Kier alpha value is -0.0505. The molecular formula is C5H10O3Se. The summed E-state index contributed by atoms with van der Waals surface area (Å²) in [4.78, 5) is 9.96. The number of aliphatic hydroxyl groups excluding tert-OH is 1. The molecule has 4 heteroatoms. The van der Waals surface area contributed by atoms with Crippen LogP contribution in [0.25, 0.3) is 0 Å². The van der Waals surface area contributed by atoms with Crippen molar-refractivity contribution in [2.75, 3.05) is 0 Å². The van der Waals surface area contributed by atoms with E-state index in [0.717, 1.165) is 5.32 Å². The summed E-state index contributed by atoms with van der Waals surface area (Å²) >= 11 is 0.469. The average molecular weight is 197 g/mol. The molecule has 0 radical (unpaired) electrons. The molecule has 0 spiro atoms. The molecule has 0 bridgehead atoms. The second-order valence-electron chi connectivity index (χ2n) is 1.64. The van der Waals surface area contributed by atoms with Gasteiger partial charge in [0.2, 0.25) is 0 Å². The molecular weight excluding hydrogens is 187 g/mol. The average Bonchev–Trinajstić information content (AvgIpc) is 1.82. The van der Waals surface area contributed by atoms with Crippen LogP contribution in [0.2, 0.25) is 11.1 Å². The van der Waals surface area contributed by atoms with Crippen molar-refractivity contribution in [1.29, 1.82) is 0 Å². The summed E-state index contributed by atoms with van der Waals surface area (Å²) in [7, 11) is 0. The third-order valence-electron chi connectivity index (χ3n) is 0.880. The Morgan fingerprint density at radius 2 is 2.33 bits per heavy atom. The van der Waals surface area contributed by atoms with Crippen LogP contribution in [-0.2, 0) is 4.79 Å². The van der Waals surface area contributed by atoms with Gasteiger partial charge in [0.1, 0.15) is 0 Å². The Morgan fingerprint density at radius 3 is 2.67 bits per heavy atom. The molecule has 0 aliphatic rings. The Kier molecular flexibility index (Phi) is 4.77. The summed E-state index contributed by atoms with van der Waals surface area (Å²) in [5, 5.41) is 17.7. The first-order chi connectivity index (χ1) is 4.18. The predicted molar refractivity (Wildman–Crippen MR) is 34.7 cm³/mol. The van der Waals surface area contributed by atoms with Crippen LogP contribution in [0.3, 0.4) is 0 Å². The van der Waals surface area contributed by atoms with Crippen LogP contribution in [0.15, 0.2) is 0 Å². The number of aliphatic hydroxyl groups is 1. The first kappa shape index (κ1) is 8.95. The summed E-state index contributed by atoms with van der Waals surface area (Å²) in [5.41, 5.74) is 0. The summed E-state index contributed by atoms with van der Waals surface area (Å²) in [5.74, 6) is 0.904. The minimum absolute atomic E-state index is 0.395. The van der Waals surface area contributed by atoms with E-state index in [1.807, 2.05) is 5.82 Å². The molecule has 1 atom stereocenters. The van der Waals surface area contributed by atoms with Gasteiger partial charge in [0, 0.05) is 0 Å². The van der Waals surface area contributed by atoms with Crippen molar-refractivity contribution in [1.82, 2.24) is 0 Å². The van der Waals surface area contributed by atoms with Crippen molar-refractivity contribution in [3.8, 4) is 0 Å². The van der Waals surface area contributed by atoms with E-state index >= 15 is 0 Å². The summed E-state index contributed by atoms with van der Waals surface area (Å²) < 4.78 is 0. The third-order valence-corrected chi connectivity index (χ3v) is 2.23. The fraction of sp³-hybridized carbons (Fsp3) is 0.800. The van der Waals surface area contributed by atoms with E-state index < -0.39 is 12.1 Å². The van der Waals surface area contributed by atoms with Gasteiger partial charge in [0.05, 0.1) is 0 Å². The molecule has 3 nitrogen and oxygen atoms in total. The molecule has 0 rings (SSSR count). The Labute approximate surface area is 60.2 Å². The zero-order valence-corrected chi connectivity index (χ0v) is 6.92. The number of carboxylic acid groups (broad SMARTS) is 1. The monoisotopic (exact) mass is 198 g/mol. The van der Waals surface area contributed by atoms with Crippen molar-refractivity contribution >= 4 is 20.9 Å². The van der Waals surface area contributed by atoms with Gasteiger partial charge in [0.15, 0.2) is 0 Å². The molecule has 0 saturated carbocycles. The number of hydrogen-bond acceptors (Lipinski definition) is 2. The molecule has 1 unspecified atom stereocenters. The van der Waals surface area contributed by atoms with E-state index in [2.05, 4.69) is 0 Å². The minimum atomic E-state index is -1.15. The van der Waals surface area contributed by atoms with E-state index in [4.69, 9.17) is 10.2 Å². The molecule has 0 fully saturated rings. The van der Waals surface area contributed by atoms with E-state index in [9.17, 15) is 4.79 Å². The van der Waals surface area contributed by atoms with Crippen LogP contribution in [0.1, 0.15) is 6.42 Å². The maximum absolute atomic E-state index is 9.96. The SMILES string of the molecule is C[Se]CCC(O)C(=O)O. The normalized spacial score (nSPS) is 13.1. The Morgan fingerprint density at radius 1 is 1.78 bits per heavy atom. The Bertz CT molecular complexity index is 94.2. The van der Waals surface area contributed by atoms with Gasteiger partial charge in [-0.05, 0) is 0 Å². The maximum atomic E-state index is 9.96. The van der Waals surface area contributed by atoms with Crippen LogP contribution in [0.5, 0.6) is 0 Å². The van der Waals surface area contributed by atoms with Gasteiger partial charge >= 0.3 is 59.6 Å². The van der Waals surface area contributed by atoms with Gasteiger partial charge in [-0.3, -0.25) is 0 Å². The molecule has 0 heterocycles. The number of aliphatic carboxylic acids is 1. The third kappa shape index (κ3) is 4.45. The van der Waals surface area contributed by atoms with Crippen molar-refractivity contribution < 1.29 is 15.0 Å². The number of hydrogen-bond donors (Lipinski definition) is 2. The van der Waals surface area contributed by atoms with E-state index in [0.29, 0.717) is 21.4 Å². The number of carboxylic acids is 1. The zero-order chi connectivity index (χ0) is 7.28. The zero-order valence-electron chi connectivity index (χ0n) is 5.20. The predicted octanol–water partition coefficient (Wildman–Crippen LogP) is -0.00740. The van der Waals surface area contributed by atoms with Crippen molar-refractivity contribution in [2.24, 2.45) is 0 Å². The van der Waals surface area contributed by atoms with Gasteiger partial charge in [-0.25, -0.2) is 0 Å². The molecule has 0 aliphatic carbocycles. The molecule has 0 aromatic carbocycles. The molecule has 0 aromatic heterocycles. The number of carbonyl (C=O) groups is 1. The van der Waals surface area contributed by atoms with Gasteiger partial charge < -0.3 is 0 Å². The van der Waals surface area contributed by atoms with Crippen LogP contribution in [0, 0.1) is 0 Å². The summed E-state index contributed by atoms with van der Waals surface area (Å²) in [6.45, 7) is 0. The van der Waals surface area contributed by atoms with Crippen LogP contribution in [0.4, 0.5) is 0 Å². The summed E-state index contributed by atoms with van der Waals surface area (Å²) in [6.07, 6.45) is -0.752. The van der Waals surface area contributed by atoms with Gasteiger partial charge in [-0.2, -0.15) is 0 Å². The standard InChI is InChI=1S/C5H10O3Se/c1-9-3-2-4(6)5(7)8/h4,6H,2-3H2,1H3,(H,7,8). The van der Waals surface area contributed by atoms with Crippen LogP contribution >= 0.6 is 0 Å². The first-order valence-corrected chi connectivity index (χ1v) is 5.50. The van der Waals surface area contributed by atoms with Crippen LogP contribution < -0.4 is 0 Å². The first-order valence-electron chi connectivity index (χ1n) is 2.58. The Balaban J connectivity index is 3.27. The molecule has 0 aliphatic heterocycles. The van der Waals surface area contributed by atoms with Gasteiger partial charge in [-0.15, -0.1) is 0 Å². The van der Waals surface area contributed by atoms with Gasteiger partial charge in [-0.1, -0.05) is 0 Å². The van der Waals surface area contributed by atoms with Crippen molar-refractivity contribution in [3.63, 3.8) is 0 Å². The topological polar surface area (TPSA) is 57.5 Å². The quantitative estimate of drug-likeness (QED) is 0.623. The van der Waals surface area contributed by atoms with Crippen molar-refractivity contribution in [3.05, 3.63) is 0 Å². The fourth-order valence-electron chi connectivity index (χ4n) is 0.353. The second kappa shape index (κ2) is 4.79. The van der Waals surface area contributed by atoms with E-state index in [-0.39, 0.29) is 0 Å². The van der Waals surface area contributed by atoms with Crippen LogP contribution in [-0.4, -0.2) is 37.2 Å². The molecule has 0 amide bonds. The molecule has 2 N–H and O–H groups in total.